The van der Waals surface area contributed by atoms with Crippen LogP contribution in [0, 0.1) is 0 Å². The average molecular weight is 260 g/mol. The molecule has 0 spiro atoms. The van der Waals surface area contributed by atoms with Gasteiger partial charge in [0.2, 0.25) is 0 Å². The first-order valence-electron chi connectivity index (χ1n) is 6.82. The maximum atomic E-state index is 10.4. The average Bonchev–Trinajstić information content (AvgIpc) is 2.83. The highest BCUT2D eigenvalue weighted by Crippen LogP contribution is 2.15. The number of pyridine rings is 1. The summed E-state index contributed by atoms with van der Waals surface area (Å²) in [6, 6.07) is 6.04. The number of hydrogen-bond acceptors (Lipinski definition) is 4. The number of hydrogen-bond donors (Lipinski definition) is 3. The van der Waals surface area contributed by atoms with E-state index in [1.165, 1.54) is 0 Å². The van der Waals surface area contributed by atoms with E-state index in [2.05, 4.69) is 21.8 Å². The van der Waals surface area contributed by atoms with E-state index in [4.69, 9.17) is 0 Å². The van der Waals surface area contributed by atoms with Gasteiger partial charge < -0.3 is 15.7 Å². The van der Waals surface area contributed by atoms with E-state index in [9.17, 15) is 5.11 Å². The molecule has 0 amide bonds. The number of β-amino-alcohol motifs (C(OH)–C–C–N with tert-alkyl or cyclic N) is 1. The number of fused-ring (bicyclic) bond motifs is 1. The second kappa shape index (κ2) is 5.28. The molecule has 0 aliphatic carbocycles. The highest BCUT2D eigenvalue weighted by molar-refractivity contribution is 5.53. The molecule has 3 heterocycles. The molecule has 5 nitrogen and oxygen atoms in total. The number of nitrogens with one attached hydrogen (secondary N) is 2. The van der Waals surface area contributed by atoms with Crippen molar-refractivity contribution in [3.05, 3.63) is 36.2 Å². The van der Waals surface area contributed by atoms with Gasteiger partial charge in [-0.3, -0.25) is 0 Å². The first kappa shape index (κ1) is 12.6. The minimum atomic E-state index is -0.610. The van der Waals surface area contributed by atoms with Crippen molar-refractivity contribution in [2.75, 3.05) is 19.6 Å². The van der Waals surface area contributed by atoms with E-state index in [0.717, 1.165) is 37.0 Å². The number of aliphatic hydroxyl groups is 1. The highest BCUT2D eigenvalue weighted by Gasteiger charge is 2.28. The van der Waals surface area contributed by atoms with Crippen molar-refractivity contribution in [3.8, 4) is 0 Å². The van der Waals surface area contributed by atoms with Crippen LogP contribution in [0.3, 0.4) is 0 Å². The van der Waals surface area contributed by atoms with E-state index in [1.54, 1.807) is 0 Å². The van der Waals surface area contributed by atoms with Gasteiger partial charge in [-0.15, -0.1) is 0 Å². The monoisotopic (exact) mass is 260 g/mol. The fourth-order valence-corrected chi connectivity index (χ4v) is 2.66. The Kier molecular flexibility index (Phi) is 3.50. The van der Waals surface area contributed by atoms with Gasteiger partial charge in [-0.1, -0.05) is 6.07 Å². The first-order chi connectivity index (χ1) is 9.27. The van der Waals surface area contributed by atoms with Crippen LogP contribution >= 0.6 is 0 Å². The summed E-state index contributed by atoms with van der Waals surface area (Å²) in [6.45, 7) is 3.03. The topological polar surface area (TPSA) is 61.6 Å². The summed E-state index contributed by atoms with van der Waals surface area (Å²) in [7, 11) is 0. The Balaban J connectivity index is 1.60. The van der Waals surface area contributed by atoms with Gasteiger partial charge in [-0.25, -0.2) is 4.52 Å². The van der Waals surface area contributed by atoms with Crippen LogP contribution in [0.15, 0.2) is 30.6 Å². The van der Waals surface area contributed by atoms with Crippen LogP contribution in [0.5, 0.6) is 0 Å². The van der Waals surface area contributed by atoms with Crippen molar-refractivity contribution in [3.63, 3.8) is 0 Å². The summed E-state index contributed by atoms with van der Waals surface area (Å²) < 4.78 is 1.87. The number of aromatic nitrogens is 2. The first-order valence-corrected chi connectivity index (χ1v) is 6.82. The molecule has 5 heteroatoms. The zero-order valence-electron chi connectivity index (χ0n) is 11.0. The van der Waals surface area contributed by atoms with Crippen LogP contribution in [-0.4, -0.2) is 40.0 Å². The SMILES string of the molecule is O[C@]1(CNCc2cnn3ccccc23)CCCNC1. The van der Waals surface area contributed by atoms with Crippen molar-refractivity contribution in [2.24, 2.45) is 0 Å². The van der Waals surface area contributed by atoms with Crippen molar-refractivity contribution in [2.45, 2.75) is 25.0 Å². The van der Waals surface area contributed by atoms with E-state index in [1.807, 2.05) is 29.0 Å². The molecule has 3 rings (SSSR count). The molecule has 2 aromatic rings. The quantitative estimate of drug-likeness (QED) is 0.751. The number of rotatable bonds is 4. The Labute approximate surface area is 112 Å². The molecule has 3 N–H and O–H groups in total. The van der Waals surface area contributed by atoms with Gasteiger partial charge in [-0.05, 0) is 31.5 Å². The summed E-state index contributed by atoms with van der Waals surface area (Å²) >= 11 is 0. The largest absolute Gasteiger partial charge is 0.387 e. The minimum Gasteiger partial charge on any atom is -0.387 e. The maximum Gasteiger partial charge on any atom is 0.0895 e. The molecule has 0 bridgehead atoms. The molecule has 0 radical (unpaired) electrons. The fourth-order valence-electron chi connectivity index (χ4n) is 2.66. The molecule has 1 aliphatic heterocycles. The lowest BCUT2D eigenvalue weighted by Crippen LogP contribution is -2.51. The predicted molar refractivity (Wildman–Crippen MR) is 74.0 cm³/mol. The smallest absolute Gasteiger partial charge is 0.0895 e. The Morgan fingerprint density at radius 2 is 2.42 bits per heavy atom. The van der Waals surface area contributed by atoms with Crippen LogP contribution < -0.4 is 10.6 Å². The predicted octanol–water partition coefficient (Wildman–Crippen LogP) is 0.538. The summed E-state index contributed by atoms with van der Waals surface area (Å²) in [4.78, 5) is 0. The van der Waals surface area contributed by atoms with Crippen molar-refractivity contribution >= 4 is 5.52 Å². The second-order valence-corrected chi connectivity index (χ2v) is 5.31. The zero-order chi connectivity index (χ0) is 13.1. The molecule has 1 saturated heterocycles. The van der Waals surface area contributed by atoms with E-state index in [0.29, 0.717) is 13.1 Å². The van der Waals surface area contributed by atoms with Gasteiger partial charge in [-0.2, -0.15) is 5.10 Å². The molecule has 0 unspecified atom stereocenters. The number of nitrogens with zero attached hydrogens (tertiary/aromatic N) is 2. The highest BCUT2D eigenvalue weighted by atomic mass is 16.3. The summed E-state index contributed by atoms with van der Waals surface area (Å²) in [6.07, 6.45) is 5.72. The number of piperidine rings is 1. The second-order valence-electron chi connectivity index (χ2n) is 5.31. The molecule has 0 aromatic carbocycles. The normalized spacial score (nSPS) is 23.8. The van der Waals surface area contributed by atoms with E-state index < -0.39 is 5.60 Å². The molecule has 2 aromatic heterocycles. The molecule has 1 aliphatic rings. The summed E-state index contributed by atoms with van der Waals surface area (Å²) in [5.41, 5.74) is 1.66. The molecule has 1 atom stereocenters. The molecule has 0 saturated carbocycles. The fraction of sp³-hybridized carbons (Fsp3) is 0.500. The third-order valence-electron chi connectivity index (χ3n) is 3.73. The van der Waals surface area contributed by atoms with Gasteiger partial charge in [0.1, 0.15) is 0 Å². The third-order valence-corrected chi connectivity index (χ3v) is 3.73. The van der Waals surface area contributed by atoms with Crippen molar-refractivity contribution < 1.29 is 5.11 Å². The van der Waals surface area contributed by atoms with Crippen LogP contribution in [0.2, 0.25) is 0 Å². The minimum absolute atomic E-state index is 0.610. The lowest BCUT2D eigenvalue weighted by atomic mass is 9.94. The Hall–Kier alpha value is -1.43. The summed E-state index contributed by atoms with van der Waals surface area (Å²) in [5.74, 6) is 0. The molecule has 102 valence electrons. The van der Waals surface area contributed by atoms with Gasteiger partial charge in [0.05, 0.1) is 17.3 Å². The van der Waals surface area contributed by atoms with Crippen LogP contribution in [0.1, 0.15) is 18.4 Å². The van der Waals surface area contributed by atoms with Crippen LogP contribution in [0.4, 0.5) is 0 Å². The van der Waals surface area contributed by atoms with Gasteiger partial charge in [0, 0.05) is 31.4 Å². The summed E-state index contributed by atoms with van der Waals surface area (Å²) in [5, 5.41) is 21.3. The van der Waals surface area contributed by atoms with Crippen LogP contribution in [-0.2, 0) is 6.54 Å². The van der Waals surface area contributed by atoms with Gasteiger partial charge in [0.15, 0.2) is 0 Å². The van der Waals surface area contributed by atoms with Crippen molar-refractivity contribution in [1.82, 2.24) is 20.2 Å². The molecule has 1 fully saturated rings. The van der Waals surface area contributed by atoms with E-state index >= 15 is 0 Å². The van der Waals surface area contributed by atoms with Gasteiger partial charge >= 0.3 is 0 Å². The Bertz CT molecular complexity index is 545. The van der Waals surface area contributed by atoms with Crippen LogP contribution in [0.25, 0.3) is 5.52 Å². The molecule has 19 heavy (non-hydrogen) atoms. The standard InChI is InChI=1S/C14H20N4O/c19-14(5-3-6-15-10-14)11-16-8-12-9-17-18-7-2-1-4-13(12)18/h1-2,4,7,9,15-16,19H,3,5-6,8,10-11H2/t14-/m1/s1. The lowest BCUT2D eigenvalue weighted by Gasteiger charge is -2.32. The molecular weight excluding hydrogens is 240 g/mol. The van der Waals surface area contributed by atoms with Crippen molar-refractivity contribution in [1.29, 1.82) is 0 Å². The molecular formula is C14H20N4O. The van der Waals surface area contributed by atoms with Gasteiger partial charge in [0.25, 0.3) is 0 Å². The van der Waals surface area contributed by atoms with E-state index in [-0.39, 0.29) is 0 Å². The lowest BCUT2D eigenvalue weighted by molar-refractivity contribution is 0.0169. The Morgan fingerprint density at radius 3 is 3.26 bits per heavy atom. The third kappa shape index (κ3) is 2.78. The zero-order valence-corrected chi connectivity index (χ0v) is 11.0. The Morgan fingerprint density at radius 1 is 1.47 bits per heavy atom. The maximum absolute atomic E-state index is 10.4.